The topological polar surface area (TPSA) is 109 Å². The van der Waals surface area contributed by atoms with Gasteiger partial charge in [0.15, 0.2) is 11.5 Å². The Balaban J connectivity index is 1.76. The Hall–Kier alpha value is -3.76. The summed E-state index contributed by atoms with van der Waals surface area (Å²) in [7, 11) is 1.48. The molecule has 1 heterocycles. The molecule has 0 unspecified atom stereocenters. The Bertz CT molecular complexity index is 1590. The Kier molecular flexibility index (Phi) is 8.75. The van der Waals surface area contributed by atoms with Gasteiger partial charge in [0.1, 0.15) is 12.4 Å². The van der Waals surface area contributed by atoms with Crippen LogP contribution in [0.5, 0.6) is 11.5 Å². The summed E-state index contributed by atoms with van der Waals surface area (Å²) in [6.45, 7) is 2.10. The van der Waals surface area contributed by atoms with Crippen molar-refractivity contribution < 1.29 is 14.4 Å². The number of nitro benzene ring substituents is 1. The van der Waals surface area contributed by atoms with Gasteiger partial charge in [-0.25, -0.2) is 4.98 Å². The fourth-order valence-corrected chi connectivity index (χ4v) is 4.41. The molecule has 0 spiro atoms. The minimum absolute atomic E-state index is 0.0355. The van der Waals surface area contributed by atoms with E-state index >= 15 is 0 Å². The third kappa shape index (κ3) is 6.20. The number of nitrogens with zero attached hydrogens (tertiary/aromatic N) is 4. The average molecular weight is 600 g/mol. The maximum absolute atomic E-state index is 13.4. The van der Waals surface area contributed by atoms with E-state index in [0.717, 1.165) is 17.3 Å². The fraction of sp³-hybridized carbons (Fsp3) is 0.222. The number of non-ortho nitro benzene ring substituents is 1. The summed E-state index contributed by atoms with van der Waals surface area (Å²) in [5.41, 5.74) is 1.32. The zero-order valence-electron chi connectivity index (χ0n) is 20.7. The number of aryl methyl sites for hydroxylation is 1. The summed E-state index contributed by atoms with van der Waals surface area (Å²) in [6.07, 6.45) is 3.81. The summed E-state index contributed by atoms with van der Waals surface area (Å²) in [6, 6.07) is 14.8. The van der Waals surface area contributed by atoms with E-state index in [0.29, 0.717) is 50.8 Å². The third-order valence-corrected chi connectivity index (χ3v) is 6.43. The number of benzene rings is 3. The molecular weight excluding hydrogens is 576 g/mol. The highest BCUT2D eigenvalue weighted by Crippen LogP contribution is 2.34. The monoisotopic (exact) mass is 598 g/mol. The van der Waals surface area contributed by atoms with Crippen LogP contribution in [0, 0.1) is 10.1 Å². The van der Waals surface area contributed by atoms with Crippen LogP contribution in [0.2, 0.25) is 5.02 Å². The molecule has 0 saturated carbocycles. The quantitative estimate of drug-likeness (QED) is 0.116. The van der Waals surface area contributed by atoms with E-state index < -0.39 is 4.92 Å². The van der Waals surface area contributed by atoms with Crippen LogP contribution in [0.25, 0.3) is 10.9 Å². The van der Waals surface area contributed by atoms with Crippen molar-refractivity contribution in [3.8, 4) is 11.5 Å². The van der Waals surface area contributed by atoms with Crippen LogP contribution in [-0.4, -0.2) is 27.9 Å². The zero-order valence-corrected chi connectivity index (χ0v) is 23.0. The molecule has 0 aliphatic heterocycles. The number of fused-ring (bicyclic) bond motifs is 1. The molecule has 9 nitrogen and oxygen atoms in total. The van der Waals surface area contributed by atoms with Crippen molar-refractivity contribution in [2.45, 2.75) is 32.8 Å². The van der Waals surface area contributed by atoms with E-state index in [4.69, 9.17) is 26.1 Å². The molecule has 0 radical (unpaired) electrons. The third-order valence-electron chi connectivity index (χ3n) is 5.71. The minimum Gasteiger partial charge on any atom is -0.493 e. The van der Waals surface area contributed by atoms with Gasteiger partial charge in [-0.2, -0.15) is 9.78 Å². The van der Waals surface area contributed by atoms with Gasteiger partial charge in [-0.05, 0) is 36.2 Å². The summed E-state index contributed by atoms with van der Waals surface area (Å²) in [5, 5.41) is 16.4. The predicted molar refractivity (Wildman–Crippen MR) is 151 cm³/mol. The van der Waals surface area contributed by atoms with E-state index in [2.05, 4.69) is 28.0 Å². The molecule has 4 aromatic rings. The van der Waals surface area contributed by atoms with Crippen molar-refractivity contribution in [3.63, 3.8) is 0 Å². The lowest BCUT2D eigenvalue weighted by molar-refractivity contribution is -0.384. The number of rotatable bonds is 10. The first-order chi connectivity index (χ1) is 18.3. The molecule has 196 valence electrons. The van der Waals surface area contributed by atoms with Crippen molar-refractivity contribution in [1.29, 1.82) is 0 Å². The molecule has 0 N–H and O–H groups in total. The maximum Gasteiger partial charge on any atom is 0.282 e. The molecule has 0 fully saturated rings. The SMILES string of the molecule is CCCCc1nc2ccc(Br)cc2c(=O)n1N=Cc1cc(Cl)cc(OC)c1OCc1cccc([N+](=O)[O-])c1. The lowest BCUT2D eigenvalue weighted by Crippen LogP contribution is -2.22. The second-order valence-electron chi connectivity index (χ2n) is 8.40. The van der Waals surface area contributed by atoms with Crippen molar-refractivity contribution in [2.75, 3.05) is 7.11 Å². The summed E-state index contributed by atoms with van der Waals surface area (Å²) >= 11 is 9.74. The largest absolute Gasteiger partial charge is 0.493 e. The van der Waals surface area contributed by atoms with Gasteiger partial charge < -0.3 is 9.47 Å². The van der Waals surface area contributed by atoms with Crippen LogP contribution in [0.4, 0.5) is 5.69 Å². The molecule has 4 rings (SSSR count). The molecule has 38 heavy (non-hydrogen) atoms. The number of halogens is 2. The highest BCUT2D eigenvalue weighted by Gasteiger charge is 2.15. The highest BCUT2D eigenvalue weighted by molar-refractivity contribution is 9.10. The Morgan fingerprint density at radius 3 is 2.76 bits per heavy atom. The standard InChI is InChI=1S/C27H24BrClN4O5/c1-3-4-8-25-31-23-10-9-19(28)13-22(23)27(34)32(25)30-15-18-12-20(29)14-24(37-2)26(18)38-16-17-6-5-7-21(11-17)33(35)36/h5-7,9-15H,3-4,8,16H2,1-2H3. The van der Waals surface area contributed by atoms with E-state index in [1.165, 1.54) is 30.1 Å². The van der Waals surface area contributed by atoms with Crippen molar-refractivity contribution >= 4 is 50.3 Å². The van der Waals surface area contributed by atoms with Gasteiger partial charge in [-0.15, -0.1) is 0 Å². The van der Waals surface area contributed by atoms with Gasteiger partial charge in [0.25, 0.3) is 11.2 Å². The molecule has 0 atom stereocenters. The van der Waals surface area contributed by atoms with E-state index in [9.17, 15) is 14.9 Å². The first-order valence-electron chi connectivity index (χ1n) is 11.8. The van der Waals surface area contributed by atoms with Gasteiger partial charge in [0.05, 0.1) is 29.2 Å². The summed E-state index contributed by atoms with van der Waals surface area (Å²) < 4.78 is 13.6. The second-order valence-corrected chi connectivity index (χ2v) is 9.75. The summed E-state index contributed by atoms with van der Waals surface area (Å²) in [5.74, 6) is 1.21. The summed E-state index contributed by atoms with van der Waals surface area (Å²) in [4.78, 5) is 28.8. The Morgan fingerprint density at radius 1 is 1.21 bits per heavy atom. The lowest BCUT2D eigenvalue weighted by Gasteiger charge is -2.14. The molecule has 11 heteroatoms. The predicted octanol–water partition coefficient (Wildman–Crippen LogP) is 6.53. The van der Waals surface area contributed by atoms with Gasteiger partial charge in [-0.1, -0.05) is 53.0 Å². The fourth-order valence-electron chi connectivity index (χ4n) is 3.84. The van der Waals surface area contributed by atoms with Crippen LogP contribution >= 0.6 is 27.5 Å². The number of unbranched alkanes of at least 4 members (excludes halogenated alkanes) is 1. The molecule has 0 aliphatic rings. The van der Waals surface area contributed by atoms with E-state index in [1.54, 1.807) is 36.4 Å². The molecular formula is C27H24BrClN4O5. The maximum atomic E-state index is 13.4. The number of ether oxygens (including phenoxy) is 2. The smallest absolute Gasteiger partial charge is 0.282 e. The van der Waals surface area contributed by atoms with Gasteiger partial charge >= 0.3 is 0 Å². The Labute approximate surface area is 232 Å². The highest BCUT2D eigenvalue weighted by atomic mass is 79.9. The van der Waals surface area contributed by atoms with Crippen LogP contribution in [0.15, 0.2) is 69.0 Å². The van der Waals surface area contributed by atoms with Crippen molar-refractivity contribution in [2.24, 2.45) is 5.10 Å². The number of hydrogen-bond acceptors (Lipinski definition) is 7. The number of aromatic nitrogens is 2. The number of methoxy groups -OCH3 is 1. The van der Waals surface area contributed by atoms with Crippen LogP contribution in [0.3, 0.4) is 0 Å². The Morgan fingerprint density at radius 2 is 2.03 bits per heavy atom. The van der Waals surface area contributed by atoms with Gasteiger partial charge in [0.2, 0.25) is 0 Å². The lowest BCUT2D eigenvalue weighted by atomic mass is 10.2. The second kappa shape index (κ2) is 12.2. The molecule has 0 bridgehead atoms. The number of hydrogen-bond donors (Lipinski definition) is 0. The van der Waals surface area contributed by atoms with Gasteiger partial charge in [0, 0.05) is 39.7 Å². The van der Waals surface area contributed by atoms with Gasteiger partial charge in [-0.3, -0.25) is 14.9 Å². The van der Waals surface area contributed by atoms with E-state index in [1.807, 2.05) is 6.07 Å². The molecule has 0 amide bonds. The zero-order chi connectivity index (χ0) is 27.2. The normalized spacial score (nSPS) is 11.3. The molecule has 1 aromatic heterocycles. The molecule has 0 aliphatic carbocycles. The van der Waals surface area contributed by atoms with Crippen LogP contribution in [0.1, 0.15) is 36.7 Å². The van der Waals surface area contributed by atoms with Crippen molar-refractivity contribution in [3.05, 3.63) is 102 Å². The molecule has 0 saturated heterocycles. The average Bonchev–Trinajstić information content (AvgIpc) is 2.91. The van der Waals surface area contributed by atoms with Crippen LogP contribution in [-0.2, 0) is 13.0 Å². The number of nitro groups is 1. The minimum atomic E-state index is -0.464. The molecule has 3 aromatic carbocycles. The first-order valence-corrected chi connectivity index (χ1v) is 13.0. The van der Waals surface area contributed by atoms with Crippen molar-refractivity contribution in [1.82, 2.24) is 9.66 Å². The first kappa shape index (κ1) is 27.3. The van der Waals surface area contributed by atoms with E-state index in [-0.39, 0.29) is 17.9 Å². The van der Waals surface area contributed by atoms with Crippen LogP contribution < -0.4 is 15.0 Å².